The van der Waals surface area contributed by atoms with E-state index in [-0.39, 0.29) is 30.3 Å². The van der Waals surface area contributed by atoms with Crippen molar-refractivity contribution < 1.29 is 22.3 Å². The van der Waals surface area contributed by atoms with Crippen LogP contribution >= 0.6 is 11.6 Å². The molecule has 0 radical (unpaired) electrons. The van der Waals surface area contributed by atoms with Gasteiger partial charge in [-0.2, -0.15) is 0 Å². The SMILES string of the molecule is CC(C)O[C@@H](c1ncc(Cl)cn1)[C@H](C)S(=O)(=O)Nc1nnc2n1[C@H](c1cccnc1)COc1ccc(F)cc1-2. The van der Waals surface area contributed by atoms with E-state index in [0.29, 0.717) is 16.3 Å². The molecule has 1 aliphatic rings. The van der Waals surface area contributed by atoms with Gasteiger partial charge >= 0.3 is 0 Å². The van der Waals surface area contributed by atoms with Crippen molar-refractivity contribution in [3.05, 3.63) is 77.3 Å². The molecule has 0 aliphatic carbocycles. The number of halogens is 2. The molecule has 4 aromatic rings. The van der Waals surface area contributed by atoms with Crippen molar-refractivity contribution in [3.63, 3.8) is 0 Å². The lowest BCUT2D eigenvalue weighted by atomic mass is 10.1. The third-order valence-electron chi connectivity index (χ3n) is 6.12. The number of anilines is 1. The Balaban J connectivity index is 1.56. The maximum atomic E-state index is 14.2. The standard InChI is InChI=1S/C25H25ClFN7O4S/c1-14(2)38-22(23-29-11-17(26)12-30-23)15(3)39(35,36)33-25-32-31-24-19-9-18(27)6-7-21(19)37-13-20(34(24)25)16-5-4-8-28-10-16/h4-12,14-15,20,22H,13H2,1-3H3,(H,32,33)/t15-,20-,22+/m0/s1. The van der Waals surface area contributed by atoms with Gasteiger partial charge < -0.3 is 9.47 Å². The van der Waals surface area contributed by atoms with Crippen LogP contribution in [0.2, 0.25) is 5.02 Å². The molecule has 204 valence electrons. The average molecular weight is 574 g/mol. The first kappa shape index (κ1) is 26.9. The van der Waals surface area contributed by atoms with E-state index in [4.69, 9.17) is 21.1 Å². The molecule has 1 N–H and O–H groups in total. The molecule has 5 rings (SSSR count). The lowest BCUT2D eigenvalue weighted by molar-refractivity contribution is 0.00154. The predicted octanol–water partition coefficient (Wildman–Crippen LogP) is 4.20. The minimum atomic E-state index is -4.16. The van der Waals surface area contributed by atoms with Gasteiger partial charge in [-0.25, -0.2) is 22.8 Å². The van der Waals surface area contributed by atoms with E-state index >= 15 is 0 Å². The van der Waals surface area contributed by atoms with Crippen molar-refractivity contribution in [1.29, 1.82) is 0 Å². The highest BCUT2D eigenvalue weighted by molar-refractivity contribution is 7.93. The second-order valence-electron chi connectivity index (χ2n) is 9.19. The highest BCUT2D eigenvalue weighted by Crippen LogP contribution is 2.39. The Labute approximate surface area is 229 Å². The zero-order chi connectivity index (χ0) is 27.7. The van der Waals surface area contributed by atoms with Crippen LogP contribution in [-0.4, -0.2) is 56.1 Å². The lowest BCUT2D eigenvalue weighted by Gasteiger charge is -2.26. The van der Waals surface area contributed by atoms with Crippen LogP contribution < -0.4 is 9.46 Å². The fraction of sp³-hybridized carbons (Fsp3) is 0.320. The highest BCUT2D eigenvalue weighted by Gasteiger charge is 2.37. The molecule has 0 amide bonds. The van der Waals surface area contributed by atoms with Gasteiger partial charge in [-0.05, 0) is 50.6 Å². The van der Waals surface area contributed by atoms with Gasteiger partial charge in [0.2, 0.25) is 16.0 Å². The predicted molar refractivity (Wildman–Crippen MR) is 141 cm³/mol. The van der Waals surface area contributed by atoms with Crippen LogP contribution in [0, 0.1) is 5.82 Å². The summed E-state index contributed by atoms with van der Waals surface area (Å²) in [4.78, 5) is 12.5. The molecular formula is C25H25ClFN7O4S. The fourth-order valence-corrected chi connectivity index (χ4v) is 5.42. The van der Waals surface area contributed by atoms with Gasteiger partial charge in [-0.15, -0.1) is 10.2 Å². The molecule has 1 aromatic carbocycles. The summed E-state index contributed by atoms with van der Waals surface area (Å²) < 4.78 is 57.7. The Bertz CT molecular complexity index is 1570. The van der Waals surface area contributed by atoms with E-state index < -0.39 is 33.2 Å². The summed E-state index contributed by atoms with van der Waals surface area (Å²) in [6.07, 6.45) is 4.67. The molecule has 0 spiro atoms. The summed E-state index contributed by atoms with van der Waals surface area (Å²) in [7, 11) is -4.16. The molecule has 3 aromatic heterocycles. The Morgan fingerprint density at radius 2 is 1.92 bits per heavy atom. The van der Waals surface area contributed by atoms with Crippen LogP contribution in [0.25, 0.3) is 11.4 Å². The maximum Gasteiger partial charge on any atom is 0.240 e. The van der Waals surface area contributed by atoms with Crippen LogP contribution in [0.1, 0.15) is 44.3 Å². The van der Waals surface area contributed by atoms with Gasteiger partial charge in [0, 0.05) is 24.8 Å². The smallest absolute Gasteiger partial charge is 0.240 e. The maximum absolute atomic E-state index is 14.2. The largest absolute Gasteiger partial charge is 0.490 e. The van der Waals surface area contributed by atoms with Crippen LogP contribution in [0.15, 0.2) is 55.1 Å². The summed E-state index contributed by atoms with van der Waals surface area (Å²) in [5.41, 5.74) is 1.05. The van der Waals surface area contributed by atoms with Gasteiger partial charge in [0.25, 0.3) is 0 Å². The Hall–Kier alpha value is -3.68. The number of rotatable bonds is 8. The number of hydrogen-bond donors (Lipinski definition) is 1. The zero-order valence-corrected chi connectivity index (χ0v) is 22.8. The average Bonchev–Trinajstić information content (AvgIpc) is 3.23. The molecule has 0 saturated carbocycles. The highest BCUT2D eigenvalue weighted by atomic mass is 35.5. The Morgan fingerprint density at radius 3 is 2.62 bits per heavy atom. The molecule has 0 saturated heterocycles. The van der Waals surface area contributed by atoms with Gasteiger partial charge in [0.1, 0.15) is 29.5 Å². The van der Waals surface area contributed by atoms with E-state index in [0.717, 1.165) is 5.56 Å². The fourth-order valence-electron chi connectivity index (χ4n) is 4.23. The molecule has 4 heterocycles. The van der Waals surface area contributed by atoms with E-state index in [2.05, 4.69) is 29.9 Å². The van der Waals surface area contributed by atoms with Crippen LogP contribution in [0.5, 0.6) is 5.75 Å². The number of hydrogen-bond acceptors (Lipinski definition) is 9. The van der Waals surface area contributed by atoms with Gasteiger partial charge in [0.15, 0.2) is 11.6 Å². The molecule has 1 aliphatic heterocycles. The molecule has 0 unspecified atom stereocenters. The van der Waals surface area contributed by atoms with E-state index in [9.17, 15) is 12.8 Å². The van der Waals surface area contributed by atoms with E-state index in [1.807, 2.05) is 6.07 Å². The zero-order valence-electron chi connectivity index (χ0n) is 21.2. The Morgan fingerprint density at radius 1 is 1.15 bits per heavy atom. The number of ether oxygens (including phenoxy) is 2. The number of benzene rings is 1. The molecule has 3 atom stereocenters. The minimum Gasteiger partial charge on any atom is -0.490 e. The second kappa shape index (κ2) is 10.8. The lowest BCUT2D eigenvalue weighted by Crippen LogP contribution is -2.35. The summed E-state index contributed by atoms with van der Waals surface area (Å²) in [6, 6.07) is 7.06. The second-order valence-corrected chi connectivity index (χ2v) is 11.7. The minimum absolute atomic E-state index is 0.0771. The van der Waals surface area contributed by atoms with Gasteiger partial charge in [-0.1, -0.05) is 17.7 Å². The van der Waals surface area contributed by atoms with Crippen molar-refractivity contribution >= 4 is 27.6 Å². The van der Waals surface area contributed by atoms with Crippen molar-refractivity contribution in [3.8, 4) is 17.1 Å². The van der Waals surface area contributed by atoms with E-state index in [1.54, 1.807) is 36.9 Å². The van der Waals surface area contributed by atoms with Crippen molar-refractivity contribution in [2.45, 2.75) is 44.3 Å². The molecule has 39 heavy (non-hydrogen) atoms. The third kappa shape index (κ3) is 5.56. The third-order valence-corrected chi connectivity index (χ3v) is 8.01. The van der Waals surface area contributed by atoms with Crippen LogP contribution in [0.3, 0.4) is 0 Å². The number of nitrogens with zero attached hydrogens (tertiary/aromatic N) is 6. The van der Waals surface area contributed by atoms with Crippen molar-refractivity contribution in [2.24, 2.45) is 0 Å². The summed E-state index contributed by atoms with van der Waals surface area (Å²) in [5.74, 6) is 0.213. The van der Waals surface area contributed by atoms with Gasteiger partial charge in [0.05, 0.1) is 22.7 Å². The van der Waals surface area contributed by atoms with E-state index in [1.165, 1.54) is 37.5 Å². The number of sulfonamides is 1. The molecular weight excluding hydrogens is 549 g/mol. The first-order valence-electron chi connectivity index (χ1n) is 12.1. The van der Waals surface area contributed by atoms with Crippen LogP contribution in [-0.2, 0) is 14.8 Å². The van der Waals surface area contributed by atoms with Crippen LogP contribution in [0.4, 0.5) is 10.3 Å². The number of aromatic nitrogens is 6. The quantitative estimate of drug-likeness (QED) is 0.329. The normalized spacial score (nSPS) is 16.5. The number of nitrogens with one attached hydrogen (secondary N) is 1. The molecule has 11 nitrogen and oxygen atoms in total. The summed E-state index contributed by atoms with van der Waals surface area (Å²) >= 11 is 5.92. The summed E-state index contributed by atoms with van der Waals surface area (Å²) in [5, 5.41) is 7.53. The van der Waals surface area contributed by atoms with Gasteiger partial charge in [-0.3, -0.25) is 14.3 Å². The molecule has 14 heteroatoms. The summed E-state index contributed by atoms with van der Waals surface area (Å²) in [6.45, 7) is 5.14. The first-order chi connectivity index (χ1) is 18.6. The molecule has 0 fully saturated rings. The first-order valence-corrected chi connectivity index (χ1v) is 14.0. The molecule has 0 bridgehead atoms. The topological polar surface area (TPSA) is 134 Å². The number of fused-ring (bicyclic) bond motifs is 3. The van der Waals surface area contributed by atoms with Crippen molar-refractivity contribution in [1.82, 2.24) is 29.7 Å². The number of pyridine rings is 1. The monoisotopic (exact) mass is 573 g/mol. The van der Waals surface area contributed by atoms with Crippen molar-refractivity contribution in [2.75, 3.05) is 11.3 Å². The Kier molecular flexibility index (Phi) is 7.47.